The molecular weight excluding hydrogens is 322 g/mol. The smallest absolute Gasteiger partial charge is 0.333 e. The molecule has 1 aliphatic heterocycles. The number of rotatable bonds is 4. The molecule has 0 saturated carbocycles. The van der Waals surface area contributed by atoms with Crippen LogP contribution >= 0.6 is 0 Å². The fraction of sp³-hybridized carbons (Fsp3) is 0.278. The van der Waals surface area contributed by atoms with Crippen LogP contribution in [0.2, 0.25) is 0 Å². The van der Waals surface area contributed by atoms with Gasteiger partial charge in [-0.1, -0.05) is 37.3 Å². The van der Waals surface area contributed by atoms with E-state index < -0.39 is 18.1 Å². The van der Waals surface area contributed by atoms with Crippen LogP contribution in [0.25, 0.3) is 0 Å². The van der Waals surface area contributed by atoms with Crippen molar-refractivity contribution in [1.29, 1.82) is 0 Å². The highest BCUT2D eigenvalue weighted by atomic mass is 16.5. The van der Waals surface area contributed by atoms with E-state index >= 15 is 0 Å². The van der Waals surface area contributed by atoms with Crippen molar-refractivity contribution in [3.63, 3.8) is 0 Å². The number of ether oxygens (including phenoxy) is 2. The molecule has 1 aliphatic rings. The summed E-state index contributed by atoms with van der Waals surface area (Å²) in [5.41, 5.74) is 6.40. The van der Waals surface area contributed by atoms with Crippen LogP contribution in [0, 0.1) is 0 Å². The van der Waals surface area contributed by atoms with Crippen LogP contribution in [0.1, 0.15) is 24.9 Å². The average Bonchev–Trinajstić information content (AvgIpc) is 2.64. The third kappa shape index (κ3) is 3.00. The normalized spacial score (nSPS) is 17.4. The Balaban J connectivity index is 2.18. The number of hydrogen-bond donors (Lipinski definition) is 1. The second-order valence-electron chi connectivity index (χ2n) is 5.62. The molecule has 0 radical (unpaired) electrons. The number of benzene rings is 1. The Morgan fingerprint density at radius 1 is 1.32 bits per heavy atom. The lowest BCUT2D eigenvalue weighted by atomic mass is 10.0. The van der Waals surface area contributed by atoms with Crippen molar-refractivity contribution >= 4 is 23.5 Å². The number of aromatic nitrogens is 1. The van der Waals surface area contributed by atoms with Crippen molar-refractivity contribution in [2.45, 2.75) is 25.5 Å². The first-order valence-electron chi connectivity index (χ1n) is 7.95. The molecule has 2 atom stereocenters. The quantitative estimate of drug-likeness (QED) is 0.856. The van der Waals surface area contributed by atoms with Crippen molar-refractivity contribution in [3.05, 3.63) is 48.0 Å². The summed E-state index contributed by atoms with van der Waals surface area (Å²) in [6, 6.07) is 11.2. The molecule has 25 heavy (non-hydrogen) atoms. The predicted molar refractivity (Wildman–Crippen MR) is 92.0 cm³/mol. The van der Waals surface area contributed by atoms with E-state index in [-0.39, 0.29) is 17.5 Å². The van der Waals surface area contributed by atoms with Crippen LogP contribution in [-0.4, -0.2) is 30.1 Å². The van der Waals surface area contributed by atoms with E-state index in [4.69, 9.17) is 15.2 Å². The number of methoxy groups -OCH3 is 1. The van der Waals surface area contributed by atoms with E-state index in [1.807, 2.05) is 13.0 Å². The van der Waals surface area contributed by atoms with Crippen LogP contribution in [0.3, 0.4) is 0 Å². The van der Waals surface area contributed by atoms with Gasteiger partial charge in [0, 0.05) is 0 Å². The van der Waals surface area contributed by atoms with E-state index in [1.54, 1.807) is 36.4 Å². The van der Waals surface area contributed by atoms with Gasteiger partial charge in [0.15, 0.2) is 23.7 Å². The molecule has 2 unspecified atom stereocenters. The van der Waals surface area contributed by atoms with Gasteiger partial charge >= 0.3 is 5.97 Å². The Kier molecular flexibility index (Phi) is 4.56. The molecule has 0 fully saturated rings. The van der Waals surface area contributed by atoms with Gasteiger partial charge in [0.2, 0.25) is 0 Å². The van der Waals surface area contributed by atoms with Gasteiger partial charge in [-0.3, -0.25) is 9.69 Å². The number of hydrogen-bond acceptors (Lipinski definition) is 6. The Morgan fingerprint density at radius 3 is 2.68 bits per heavy atom. The monoisotopic (exact) mass is 341 g/mol. The van der Waals surface area contributed by atoms with E-state index in [0.717, 1.165) is 0 Å². The molecule has 1 aromatic heterocycles. The maximum absolute atomic E-state index is 13.0. The van der Waals surface area contributed by atoms with E-state index in [0.29, 0.717) is 17.7 Å². The van der Waals surface area contributed by atoms with Crippen LogP contribution < -0.4 is 15.4 Å². The Morgan fingerprint density at radius 2 is 2.04 bits per heavy atom. The second-order valence-corrected chi connectivity index (χ2v) is 5.62. The van der Waals surface area contributed by atoms with E-state index in [1.165, 1.54) is 12.0 Å². The van der Waals surface area contributed by atoms with Gasteiger partial charge in [0.25, 0.3) is 5.91 Å². The van der Waals surface area contributed by atoms with Gasteiger partial charge in [-0.15, -0.1) is 0 Å². The summed E-state index contributed by atoms with van der Waals surface area (Å²) in [6.45, 7) is 1.84. The highest BCUT2D eigenvalue weighted by Crippen LogP contribution is 2.39. The molecule has 0 spiro atoms. The van der Waals surface area contributed by atoms with E-state index in [9.17, 15) is 9.59 Å². The highest BCUT2D eigenvalue weighted by Gasteiger charge is 2.42. The summed E-state index contributed by atoms with van der Waals surface area (Å²) in [6.07, 6.45) is -0.240. The first-order valence-corrected chi connectivity index (χ1v) is 7.95. The zero-order valence-electron chi connectivity index (χ0n) is 14.0. The Labute approximate surface area is 145 Å². The fourth-order valence-electron chi connectivity index (χ4n) is 2.82. The number of nitrogen functional groups attached to an aromatic ring is 1. The summed E-state index contributed by atoms with van der Waals surface area (Å²) in [7, 11) is 1.29. The van der Waals surface area contributed by atoms with Crippen LogP contribution in [-0.2, 0) is 14.3 Å². The predicted octanol–water partition coefficient (Wildman–Crippen LogP) is 2.08. The van der Waals surface area contributed by atoms with Gasteiger partial charge < -0.3 is 15.2 Å². The molecule has 0 bridgehead atoms. The SMILES string of the molecule is CCC1Oc2ccc(N)nc2N(C(C(=O)OC)c2ccccc2)C1=O. The number of nitrogens with two attached hydrogens (primary N) is 1. The summed E-state index contributed by atoms with van der Waals surface area (Å²) in [4.78, 5) is 31.1. The zero-order valence-corrected chi connectivity index (χ0v) is 14.0. The molecule has 1 amide bonds. The number of fused-ring (bicyclic) bond motifs is 1. The zero-order chi connectivity index (χ0) is 18.0. The lowest BCUT2D eigenvalue weighted by molar-refractivity contribution is -0.144. The minimum atomic E-state index is -0.968. The molecule has 2 N–H and O–H groups in total. The molecule has 0 saturated heterocycles. The third-order valence-corrected chi connectivity index (χ3v) is 4.04. The number of carbonyl (C=O) groups excluding carboxylic acids is 2. The first kappa shape index (κ1) is 16.8. The lowest BCUT2D eigenvalue weighted by Gasteiger charge is -2.37. The van der Waals surface area contributed by atoms with Crippen LogP contribution in [0.4, 0.5) is 11.6 Å². The molecular formula is C18H19N3O4. The fourth-order valence-corrected chi connectivity index (χ4v) is 2.82. The lowest BCUT2D eigenvalue weighted by Crippen LogP contribution is -2.50. The maximum Gasteiger partial charge on any atom is 0.333 e. The van der Waals surface area contributed by atoms with Gasteiger partial charge in [0.05, 0.1) is 7.11 Å². The number of carbonyl (C=O) groups is 2. The topological polar surface area (TPSA) is 94.8 Å². The summed E-state index contributed by atoms with van der Waals surface area (Å²) >= 11 is 0. The largest absolute Gasteiger partial charge is 0.477 e. The Bertz CT molecular complexity index is 794. The molecule has 3 rings (SSSR count). The van der Waals surface area contributed by atoms with Crippen molar-refractivity contribution in [3.8, 4) is 5.75 Å². The van der Waals surface area contributed by atoms with Gasteiger partial charge in [-0.25, -0.2) is 9.78 Å². The molecule has 2 aromatic rings. The number of nitrogens with zero attached hydrogens (tertiary/aromatic N) is 2. The first-order chi connectivity index (χ1) is 12.1. The molecule has 7 nitrogen and oxygen atoms in total. The number of anilines is 2. The molecule has 7 heteroatoms. The molecule has 0 aliphatic carbocycles. The van der Waals surface area contributed by atoms with E-state index in [2.05, 4.69) is 4.98 Å². The van der Waals surface area contributed by atoms with Gasteiger partial charge in [0.1, 0.15) is 5.82 Å². The van der Waals surface area contributed by atoms with Crippen molar-refractivity contribution in [1.82, 2.24) is 4.98 Å². The molecule has 2 heterocycles. The summed E-state index contributed by atoms with van der Waals surface area (Å²) in [5.74, 6) is -0.0648. The maximum atomic E-state index is 13.0. The number of esters is 1. The van der Waals surface area contributed by atoms with Crippen molar-refractivity contribution in [2.75, 3.05) is 17.7 Å². The number of amides is 1. The summed E-state index contributed by atoms with van der Waals surface area (Å²) < 4.78 is 10.7. The van der Waals surface area contributed by atoms with Crippen molar-refractivity contribution in [2.24, 2.45) is 0 Å². The van der Waals surface area contributed by atoms with Crippen molar-refractivity contribution < 1.29 is 19.1 Å². The molecule has 130 valence electrons. The van der Waals surface area contributed by atoms with Gasteiger partial charge in [-0.2, -0.15) is 0 Å². The third-order valence-electron chi connectivity index (χ3n) is 4.04. The summed E-state index contributed by atoms with van der Waals surface area (Å²) in [5, 5.41) is 0. The van der Waals surface area contributed by atoms with Gasteiger partial charge in [-0.05, 0) is 24.1 Å². The van der Waals surface area contributed by atoms with Crippen LogP contribution in [0.5, 0.6) is 5.75 Å². The van der Waals surface area contributed by atoms with Crippen LogP contribution in [0.15, 0.2) is 42.5 Å². The second kappa shape index (κ2) is 6.80. The standard InChI is InChI=1S/C18H19N3O4/c1-3-12-17(22)21(16-13(25-12)9-10-14(19)20-16)15(18(23)24-2)11-7-5-4-6-8-11/h4-10,12,15H,3H2,1-2H3,(H2,19,20). The minimum Gasteiger partial charge on any atom is -0.477 e. The molecule has 1 aromatic carbocycles. The number of pyridine rings is 1. The highest BCUT2D eigenvalue weighted by molar-refractivity contribution is 6.04. The Hall–Kier alpha value is -3.09. The average molecular weight is 341 g/mol. The minimum absolute atomic E-state index is 0.217.